The SMILES string of the molecule is C#Cc1cccc(NC(=O)NC(C)c2ccc(Cl)cc2Cl)c1. The van der Waals surface area contributed by atoms with Crippen molar-refractivity contribution in [2.45, 2.75) is 13.0 Å². The van der Waals surface area contributed by atoms with Crippen LogP contribution in [0.3, 0.4) is 0 Å². The van der Waals surface area contributed by atoms with E-state index in [1.165, 1.54) is 0 Å². The van der Waals surface area contributed by atoms with Crippen LogP contribution in [0.25, 0.3) is 0 Å². The van der Waals surface area contributed by atoms with Crippen LogP contribution < -0.4 is 10.6 Å². The predicted molar refractivity (Wildman–Crippen MR) is 91.4 cm³/mol. The number of halogens is 2. The molecule has 1 atom stereocenters. The summed E-state index contributed by atoms with van der Waals surface area (Å²) in [6.45, 7) is 1.84. The lowest BCUT2D eigenvalue weighted by atomic mass is 10.1. The molecule has 2 amide bonds. The molecule has 5 heteroatoms. The van der Waals surface area contributed by atoms with E-state index >= 15 is 0 Å². The fourth-order valence-corrected chi connectivity index (χ4v) is 2.55. The molecule has 0 saturated heterocycles. The van der Waals surface area contributed by atoms with E-state index in [4.69, 9.17) is 29.6 Å². The number of carbonyl (C=O) groups excluding carboxylic acids is 1. The lowest BCUT2D eigenvalue weighted by Crippen LogP contribution is -2.31. The van der Waals surface area contributed by atoms with Gasteiger partial charge in [0.25, 0.3) is 0 Å². The lowest BCUT2D eigenvalue weighted by molar-refractivity contribution is 0.249. The van der Waals surface area contributed by atoms with Gasteiger partial charge in [0.2, 0.25) is 0 Å². The lowest BCUT2D eigenvalue weighted by Gasteiger charge is -2.16. The van der Waals surface area contributed by atoms with Crippen LogP contribution in [0.4, 0.5) is 10.5 Å². The topological polar surface area (TPSA) is 41.1 Å². The van der Waals surface area contributed by atoms with E-state index in [-0.39, 0.29) is 12.1 Å². The van der Waals surface area contributed by atoms with Crippen LogP contribution in [0, 0.1) is 12.3 Å². The van der Waals surface area contributed by atoms with Crippen molar-refractivity contribution in [2.75, 3.05) is 5.32 Å². The number of rotatable bonds is 3. The predicted octanol–water partition coefficient (Wildman–Crippen LogP) is 4.86. The average Bonchev–Trinajstić information content (AvgIpc) is 2.47. The Morgan fingerprint density at radius 1 is 1.23 bits per heavy atom. The van der Waals surface area contributed by atoms with Crippen molar-refractivity contribution in [3.63, 3.8) is 0 Å². The number of amides is 2. The molecule has 0 fully saturated rings. The Balaban J connectivity index is 2.03. The first kappa shape index (κ1) is 16.2. The molecular formula is C17H14Cl2N2O. The van der Waals surface area contributed by atoms with Gasteiger partial charge in [0.15, 0.2) is 0 Å². The molecule has 0 bridgehead atoms. The van der Waals surface area contributed by atoms with Gasteiger partial charge >= 0.3 is 6.03 Å². The fraction of sp³-hybridized carbons (Fsp3) is 0.118. The van der Waals surface area contributed by atoms with Crippen molar-refractivity contribution >= 4 is 34.9 Å². The summed E-state index contributed by atoms with van der Waals surface area (Å²) in [5.74, 6) is 2.52. The number of anilines is 1. The molecular weight excluding hydrogens is 319 g/mol. The third-order valence-corrected chi connectivity index (χ3v) is 3.63. The van der Waals surface area contributed by atoms with E-state index in [1.54, 1.807) is 42.5 Å². The minimum atomic E-state index is -0.340. The third kappa shape index (κ3) is 4.17. The molecule has 0 spiro atoms. The third-order valence-electron chi connectivity index (χ3n) is 3.06. The Labute approximate surface area is 139 Å². The molecule has 3 nitrogen and oxygen atoms in total. The van der Waals surface area contributed by atoms with Crippen LogP contribution in [0.1, 0.15) is 24.1 Å². The molecule has 0 aliphatic rings. The van der Waals surface area contributed by atoms with Gasteiger partial charge in [-0.1, -0.05) is 41.3 Å². The van der Waals surface area contributed by atoms with Gasteiger partial charge in [-0.3, -0.25) is 0 Å². The number of urea groups is 1. The van der Waals surface area contributed by atoms with E-state index in [9.17, 15) is 4.79 Å². The van der Waals surface area contributed by atoms with Crippen molar-refractivity contribution in [2.24, 2.45) is 0 Å². The molecule has 2 rings (SSSR count). The van der Waals surface area contributed by atoms with Crippen molar-refractivity contribution in [3.05, 3.63) is 63.6 Å². The number of terminal acetylenes is 1. The highest BCUT2D eigenvalue weighted by Crippen LogP contribution is 2.26. The molecule has 0 radical (unpaired) electrons. The van der Waals surface area contributed by atoms with Gasteiger partial charge in [0, 0.05) is 21.3 Å². The zero-order valence-corrected chi connectivity index (χ0v) is 13.4. The molecule has 112 valence electrons. The van der Waals surface area contributed by atoms with Gasteiger partial charge in [-0.25, -0.2) is 4.79 Å². The van der Waals surface area contributed by atoms with E-state index in [1.807, 2.05) is 6.92 Å². The van der Waals surface area contributed by atoms with E-state index in [0.717, 1.165) is 5.56 Å². The van der Waals surface area contributed by atoms with E-state index in [0.29, 0.717) is 21.3 Å². The molecule has 0 aliphatic heterocycles. The monoisotopic (exact) mass is 332 g/mol. The summed E-state index contributed by atoms with van der Waals surface area (Å²) in [6.07, 6.45) is 5.33. The van der Waals surface area contributed by atoms with E-state index in [2.05, 4.69) is 16.6 Å². The molecule has 2 aromatic rings. The maximum absolute atomic E-state index is 12.0. The van der Waals surface area contributed by atoms with Crippen molar-refractivity contribution in [3.8, 4) is 12.3 Å². The summed E-state index contributed by atoms with van der Waals surface area (Å²) < 4.78 is 0. The summed E-state index contributed by atoms with van der Waals surface area (Å²) in [6, 6.07) is 11.6. The summed E-state index contributed by atoms with van der Waals surface area (Å²) in [7, 11) is 0. The quantitative estimate of drug-likeness (QED) is 0.774. The van der Waals surface area contributed by atoms with Crippen LogP contribution in [0.15, 0.2) is 42.5 Å². The van der Waals surface area contributed by atoms with Crippen molar-refractivity contribution in [1.29, 1.82) is 0 Å². The zero-order valence-electron chi connectivity index (χ0n) is 11.9. The van der Waals surface area contributed by atoms with Crippen molar-refractivity contribution < 1.29 is 4.79 Å². The Kier molecular flexibility index (Phi) is 5.32. The number of hydrogen-bond donors (Lipinski definition) is 2. The highest BCUT2D eigenvalue weighted by Gasteiger charge is 2.13. The highest BCUT2D eigenvalue weighted by molar-refractivity contribution is 6.35. The summed E-state index contributed by atoms with van der Waals surface area (Å²) in [5.41, 5.74) is 2.12. The van der Waals surface area contributed by atoms with Crippen LogP contribution in [0.2, 0.25) is 10.0 Å². The van der Waals surface area contributed by atoms with Gasteiger partial charge in [0.1, 0.15) is 0 Å². The molecule has 2 aromatic carbocycles. The minimum Gasteiger partial charge on any atom is -0.331 e. The molecule has 0 aliphatic carbocycles. The number of benzene rings is 2. The van der Waals surface area contributed by atoms with E-state index < -0.39 is 0 Å². The smallest absolute Gasteiger partial charge is 0.319 e. The van der Waals surface area contributed by atoms with Crippen LogP contribution in [0.5, 0.6) is 0 Å². The van der Waals surface area contributed by atoms with Gasteiger partial charge in [-0.2, -0.15) is 0 Å². The second-order valence-electron chi connectivity index (χ2n) is 4.71. The maximum atomic E-state index is 12.0. The molecule has 1 unspecified atom stereocenters. The molecule has 0 saturated carbocycles. The summed E-state index contributed by atoms with van der Waals surface area (Å²) in [4.78, 5) is 12.0. The Bertz CT molecular complexity index is 738. The molecule has 0 aromatic heterocycles. The largest absolute Gasteiger partial charge is 0.331 e. The second-order valence-corrected chi connectivity index (χ2v) is 5.55. The first-order valence-corrected chi connectivity index (χ1v) is 7.34. The molecule has 22 heavy (non-hydrogen) atoms. The standard InChI is InChI=1S/C17H14Cl2N2O/c1-3-12-5-4-6-14(9-12)21-17(22)20-11(2)15-8-7-13(18)10-16(15)19/h1,4-11H,2H3,(H2,20,21,22). The number of carbonyl (C=O) groups is 1. The Morgan fingerprint density at radius 3 is 2.68 bits per heavy atom. The minimum absolute atomic E-state index is 0.263. The van der Waals surface area contributed by atoms with Crippen LogP contribution in [-0.4, -0.2) is 6.03 Å². The summed E-state index contributed by atoms with van der Waals surface area (Å²) in [5, 5.41) is 6.61. The number of nitrogens with one attached hydrogen (secondary N) is 2. The highest BCUT2D eigenvalue weighted by atomic mass is 35.5. The maximum Gasteiger partial charge on any atom is 0.319 e. The normalized spacial score (nSPS) is 11.4. The van der Waals surface area contributed by atoms with Gasteiger partial charge in [-0.15, -0.1) is 6.42 Å². The van der Waals surface area contributed by atoms with Gasteiger partial charge in [-0.05, 0) is 42.8 Å². The van der Waals surface area contributed by atoms with Crippen LogP contribution in [-0.2, 0) is 0 Å². The molecule has 0 heterocycles. The van der Waals surface area contributed by atoms with Crippen molar-refractivity contribution in [1.82, 2.24) is 5.32 Å². The van der Waals surface area contributed by atoms with Crippen LogP contribution >= 0.6 is 23.2 Å². The molecule has 2 N–H and O–H groups in total. The average molecular weight is 333 g/mol. The van der Waals surface area contributed by atoms with Gasteiger partial charge in [0.05, 0.1) is 6.04 Å². The first-order valence-electron chi connectivity index (χ1n) is 6.58. The summed E-state index contributed by atoms with van der Waals surface area (Å²) >= 11 is 12.0. The zero-order chi connectivity index (χ0) is 16.1. The Morgan fingerprint density at radius 2 is 2.00 bits per heavy atom. The Hall–Kier alpha value is -2.15. The number of hydrogen-bond acceptors (Lipinski definition) is 1. The van der Waals surface area contributed by atoms with Gasteiger partial charge < -0.3 is 10.6 Å². The fourth-order valence-electron chi connectivity index (χ4n) is 1.98. The first-order chi connectivity index (χ1) is 10.5. The second kappa shape index (κ2) is 7.22.